The Morgan fingerprint density at radius 2 is 1.71 bits per heavy atom. The number of nitrogen functional groups attached to an aromatic ring is 1. The molecule has 0 spiro atoms. The fourth-order valence-corrected chi connectivity index (χ4v) is 2.10. The van der Waals surface area contributed by atoms with Crippen molar-refractivity contribution >= 4 is 5.82 Å². The molecule has 2 rings (SSSR count). The average molecular weight is 338 g/mol. The van der Waals surface area contributed by atoms with Crippen molar-refractivity contribution in [3.63, 3.8) is 0 Å². The van der Waals surface area contributed by atoms with Gasteiger partial charge in [-0.1, -0.05) is 0 Å². The van der Waals surface area contributed by atoms with Gasteiger partial charge in [-0.2, -0.15) is 23.7 Å². The number of nitrogens with zero attached hydrogens (tertiary/aromatic N) is 2. The van der Waals surface area contributed by atoms with Gasteiger partial charge in [0.25, 0.3) is 5.56 Å². The lowest BCUT2D eigenvalue weighted by Gasteiger charge is -2.14. The van der Waals surface area contributed by atoms with E-state index in [-0.39, 0.29) is 12.1 Å². The zero-order valence-electron chi connectivity index (χ0n) is 11.5. The molecular formula is C14H6F4N4O2. The topological polar surface area (TPSA) is 127 Å². The highest BCUT2D eigenvalue weighted by atomic mass is 19.4. The van der Waals surface area contributed by atoms with Crippen LogP contribution in [-0.4, -0.2) is 10.1 Å². The number of nitriles is 2. The molecule has 24 heavy (non-hydrogen) atoms. The van der Waals surface area contributed by atoms with E-state index < -0.39 is 56.9 Å². The SMILES string of the molecule is N#Cc1c(N)[nH]c(=O)c(C#N)c1-c1c(O)cc(C(F)(F)F)cc1F. The largest absolute Gasteiger partial charge is 0.507 e. The summed E-state index contributed by atoms with van der Waals surface area (Å²) in [4.78, 5) is 13.7. The highest BCUT2D eigenvalue weighted by Crippen LogP contribution is 2.40. The van der Waals surface area contributed by atoms with Crippen molar-refractivity contribution < 1.29 is 22.7 Å². The van der Waals surface area contributed by atoms with Crippen molar-refractivity contribution in [2.75, 3.05) is 5.73 Å². The fourth-order valence-electron chi connectivity index (χ4n) is 2.10. The van der Waals surface area contributed by atoms with E-state index >= 15 is 0 Å². The monoisotopic (exact) mass is 338 g/mol. The minimum atomic E-state index is -4.93. The van der Waals surface area contributed by atoms with Gasteiger partial charge in [0, 0.05) is 5.56 Å². The van der Waals surface area contributed by atoms with Crippen molar-refractivity contribution in [3.8, 4) is 29.0 Å². The van der Waals surface area contributed by atoms with Crippen LogP contribution in [0.5, 0.6) is 5.75 Å². The van der Waals surface area contributed by atoms with Crippen LogP contribution in [0.15, 0.2) is 16.9 Å². The first-order chi connectivity index (χ1) is 11.1. The number of benzene rings is 1. The lowest BCUT2D eigenvalue weighted by molar-refractivity contribution is -0.137. The quantitative estimate of drug-likeness (QED) is 0.687. The Kier molecular flexibility index (Phi) is 3.92. The Morgan fingerprint density at radius 3 is 2.17 bits per heavy atom. The zero-order chi connectivity index (χ0) is 18.2. The van der Waals surface area contributed by atoms with Gasteiger partial charge in [0.05, 0.1) is 11.1 Å². The number of phenols is 1. The number of rotatable bonds is 1. The number of nitrogens with two attached hydrogens (primary N) is 1. The van der Waals surface area contributed by atoms with Gasteiger partial charge in [0.2, 0.25) is 0 Å². The van der Waals surface area contributed by atoms with Gasteiger partial charge in [-0.15, -0.1) is 0 Å². The first-order valence-corrected chi connectivity index (χ1v) is 6.07. The number of pyridine rings is 1. The maximum Gasteiger partial charge on any atom is 0.416 e. The Morgan fingerprint density at radius 1 is 1.12 bits per heavy atom. The summed E-state index contributed by atoms with van der Waals surface area (Å²) < 4.78 is 52.1. The molecule has 4 N–H and O–H groups in total. The lowest BCUT2D eigenvalue weighted by Crippen LogP contribution is -2.17. The summed E-state index contributed by atoms with van der Waals surface area (Å²) in [5, 5.41) is 27.9. The first kappa shape index (κ1) is 16.8. The molecule has 0 aliphatic rings. The number of alkyl halides is 3. The van der Waals surface area contributed by atoms with Crippen molar-refractivity contribution in [3.05, 3.63) is 45.0 Å². The van der Waals surface area contributed by atoms with E-state index in [0.717, 1.165) is 0 Å². The van der Waals surface area contributed by atoms with Gasteiger partial charge in [-0.3, -0.25) is 4.79 Å². The minimum absolute atomic E-state index is 0.0781. The van der Waals surface area contributed by atoms with Crippen LogP contribution >= 0.6 is 0 Å². The predicted molar refractivity (Wildman–Crippen MR) is 73.0 cm³/mol. The molecule has 1 heterocycles. The number of hydrogen-bond donors (Lipinski definition) is 3. The third-order valence-electron chi connectivity index (χ3n) is 3.11. The smallest absolute Gasteiger partial charge is 0.416 e. The molecule has 0 amide bonds. The van der Waals surface area contributed by atoms with Gasteiger partial charge >= 0.3 is 6.18 Å². The minimum Gasteiger partial charge on any atom is -0.507 e. The standard InChI is InChI=1S/C14H6F4N4O2/c15-8-1-5(14(16,17)18)2-9(23)11(8)10-6(3-19)12(21)22-13(24)7(10)4-20/h1-2,23H,(H3,21,22,24). The number of aromatic amines is 1. The van der Waals surface area contributed by atoms with E-state index in [9.17, 15) is 27.5 Å². The Balaban J connectivity index is 2.97. The molecular weight excluding hydrogens is 332 g/mol. The summed E-state index contributed by atoms with van der Waals surface area (Å²) in [7, 11) is 0. The van der Waals surface area contributed by atoms with E-state index in [0.29, 0.717) is 0 Å². The van der Waals surface area contributed by atoms with Crippen LogP contribution in [0.3, 0.4) is 0 Å². The Bertz CT molecular complexity index is 957. The van der Waals surface area contributed by atoms with Crippen molar-refractivity contribution in [1.82, 2.24) is 4.98 Å². The molecule has 0 saturated heterocycles. The molecule has 0 atom stereocenters. The first-order valence-electron chi connectivity index (χ1n) is 6.07. The molecule has 1 aromatic carbocycles. The third kappa shape index (κ3) is 2.61. The molecule has 0 fully saturated rings. The van der Waals surface area contributed by atoms with E-state index in [4.69, 9.17) is 16.3 Å². The average Bonchev–Trinajstić information content (AvgIpc) is 2.45. The van der Waals surface area contributed by atoms with Crippen molar-refractivity contribution in [1.29, 1.82) is 10.5 Å². The number of nitrogens with one attached hydrogen (secondary N) is 1. The molecule has 6 nitrogen and oxygen atoms in total. The van der Waals surface area contributed by atoms with Crippen molar-refractivity contribution in [2.45, 2.75) is 6.18 Å². The number of aromatic hydroxyl groups is 1. The van der Waals surface area contributed by atoms with Crippen LogP contribution in [-0.2, 0) is 6.18 Å². The highest BCUT2D eigenvalue weighted by Gasteiger charge is 2.34. The molecule has 2 aromatic rings. The summed E-state index contributed by atoms with van der Waals surface area (Å²) in [6, 6.07) is 3.23. The van der Waals surface area contributed by atoms with Gasteiger partial charge in [-0.05, 0) is 12.1 Å². The predicted octanol–water partition coefficient (Wildman–Crippen LogP) is 2.23. The van der Waals surface area contributed by atoms with Gasteiger partial charge in [0.15, 0.2) is 0 Å². The summed E-state index contributed by atoms with van der Waals surface area (Å²) >= 11 is 0. The normalized spacial score (nSPS) is 10.9. The molecule has 0 unspecified atom stereocenters. The third-order valence-corrected chi connectivity index (χ3v) is 3.11. The lowest BCUT2D eigenvalue weighted by atomic mass is 9.94. The number of halogens is 4. The summed E-state index contributed by atoms with van der Waals surface area (Å²) in [5.74, 6) is -3.28. The second-order valence-corrected chi connectivity index (χ2v) is 4.57. The molecule has 1 aromatic heterocycles. The molecule has 0 aliphatic carbocycles. The number of anilines is 1. The summed E-state index contributed by atoms with van der Waals surface area (Å²) in [6.07, 6.45) is -4.93. The summed E-state index contributed by atoms with van der Waals surface area (Å²) in [6.45, 7) is 0. The van der Waals surface area contributed by atoms with Crippen LogP contribution in [0.1, 0.15) is 16.7 Å². The van der Waals surface area contributed by atoms with Crippen LogP contribution in [0.4, 0.5) is 23.4 Å². The maximum absolute atomic E-state index is 14.2. The number of hydrogen-bond acceptors (Lipinski definition) is 5. The second-order valence-electron chi connectivity index (χ2n) is 4.57. The van der Waals surface area contributed by atoms with E-state index in [1.165, 1.54) is 12.1 Å². The maximum atomic E-state index is 14.2. The van der Waals surface area contributed by atoms with E-state index in [1.807, 2.05) is 4.98 Å². The molecule has 0 bridgehead atoms. The van der Waals surface area contributed by atoms with Gasteiger partial charge < -0.3 is 15.8 Å². The Hall–Kier alpha value is -3.53. The summed E-state index contributed by atoms with van der Waals surface area (Å²) in [5.41, 5.74) is -0.0300. The number of phenolic OH excluding ortho intramolecular Hbond substituents is 1. The van der Waals surface area contributed by atoms with Crippen molar-refractivity contribution in [2.24, 2.45) is 0 Å². The van der Waals surface area contributed by atoms with Crippen LogP contribution in [0.2, 0.25) is 0 Å². The molecule has 10 heteroatoms. The van der Waals surface area contributed by atoms with Crippen LogP contribution in [0, 0.1) is 28.5 Å². The number of H-pyrrole nitrogens is 1. The van der Waals surface area contributed by atoms with Crippen LogP contribution < -0.4 is 11.3 Å². The Labute approximate surface area is 131 Å². The van der Waals surface area contributed by atoms with Crippen LogP contribution in [0.25, 0.3) is 11.1 Å². The molecule has 0 aliphatic heterocycles. The van der Waals surface area contributed by atoms with Gasteiger partial charge in [0.1, 0.15) is 40.6 Å². The zero-order valence-corrected chi connectivity index (χ0v) is 11.5. The number of aromatic nitrogens is 1. The molecule has 0 radical (unpaired) electrons. The fraction of sp³-hybridized carbons (Fsp3) is 0.0714. The molecule has 0 saturated carbocycles. The second kappa shape index (κ2) is 5.59. The van der Waals surface area contributed by atoms with E-state index in [2.05, 4.69) is 0 Å². The van der Waals surface area contributed by atoms with Gasteiger partial charge in [-0.25, -0.2) is 4.39 Å². The molecule has 122 valence electrons. The highest BCUT2D eigenvalue weighted by molar-refractivity contribution is 5.83. The van der Waals surface area contributed by atoms with E-state index in [1.54, 1.807) is 0 Å².